The lowest BCUT2D eigenvalue weighted by molar-refractivity contribution is -0.142. The van der Waals surface area contributed by atoms with Gasteiger partial charge in [0.1, 0.15) is 0 Å². The van der Waals surface area contributed by atoms with Gasteiger partial charge in [0.05, 0.1) is 26.2 Å². The molecular weight excluding hydrogens is 540 g/mol. The number of hydrogen-bond donors (Lipinski definition) is 4. The Morgan fingerprint density at radius 3 is 1.50 bits per heavy atom. The SMILES string of the molecule is O=C(O)CN1CCN(CC(=O)O)CCN(CC(=O)O)C(CC2CCC(Br)CC2)CN(CC(=O)O)CC1. The van der Waals surface area contributed by atoms with Gasteiger partial charge in [-0.1, -0.05) is 15.9 Å². The van der Waals surface area contributed by atoms with E-state index in [9.17, 15) is 39.6 Å². The van der Waals surface area contributed by atoms with Crippen LogP contribution in [0.3, 0.4) is 0 Å². The topological polar surface area (TPSA) is 162 Å². The van der Waals surface area contributed by atoms with Gasteiger partial charge < -0.3 is 20.4 Å². The number of alkyl halides is 1. The third-order valence-corrected chi connectivity index (χ3v) is 7.87. The molecule has 2 fully saturated rings. The zero-order valence-corrected chi connectivity index (χ0v) is 22.2. The minimum absolute atomic E-state index is 0.217. The molecule has 1 saturated heterocycles. The summed E-state index contributed by atoms with van der Waals surface area (Å²) < 4.78 is 0. The second-order valence-electron chi connectivity index (χ2n) is 9.84. The Bertz CT molecular complexity index is 750. The minimum atomic E-state index is -1.01. The molecule has 206 valence electrons. The molecule has 13 heteroatoms. The van der Waals surface area contributed by atoms with Gasteiger partial charge in [-0.2, -0.15) is 0 Å². The van der Waals surface area contributed by atoms with Crippen LogP contribution in [-0.4, -0.2) is 147 Å². The Kier molecular flexibility index (Phi) is 13.1. The summed E-state index contributed by atoms with van der Waals surface area (Å²) in [5.74, 6) is -3.61. The summed E-state index contributed by atoms with van der Waals surface area (Å²) in [5.41, 5.74) is 0. The van der Waals surface area contributed by atoms with Crippen molar-refractivity contribution in [3.05, 3.63) is 0 Å². The summed E-state index contributed by atoms with van der Waals surface area (Å²) in [5, 5.41) is 37.8. The van der Waals surface area contributed by atoms with Crippen molar-refractivity contribution in [1.82, 2.24) is 19.6 Å². The maximum atomic E-state index is 11.8. The fraction of sp³-hybridized carbons (Fsp3) is 0.826. The first-order chi connectivity index (χ1) is 17.0. The molecule has 1 heterocycles. The monoisotopic (exact) mass is 578 g/mol. The molecule has 1 saturated carbocycles. The molecule has 0 aromatic heterocycles. The van der Waals surface area contributed by atoms with E-state index in [0.717, 1.165) is 32.1 Å². The number of carboxylic acids is 4. The largest absolute Gasteiger partial charge is 0.480 e. The van der Waals surface area contributed by atoms with Crippen molar-refractivity contribution >= 4 is 39.8 Å². The lowest BCUT2D eigenvalue weighted by atomic mass is 9.84. The second kappa shape index (κ2) is 15.5. The summed E-state index contributed by atoms with van der Waals surface area (Å²) in [6, 6.07) is -0.226. The fourth-order valence-corrected chi connectivity index (χ4v) is 5.66. The summed E-state index contributed by atoms with van der Waals surface area (Å²) in [7, 11) is 0. The van der Waals surface area contributed by atoms with Crippen molar-refractivity contribution in [2.24, 2.45) is 5.92 Å². The molecule has 0 spiro atoms. The predicted molar refractivity (Wildman–Crippen MR) is 135 cm³/mol. The maximum Gasteiger partial charge on any atom is 0.317 e. The van der Waals surface area contributed by atoms with Gasteiger partial charge in [0.15, 0.2) is 0 Å². The van der Waals surface area contributed by atoms with Crippen molar-refractivity contribution in [3.8, 4) is 0 Å². The smallest absolute Gasteiger partial charge is 0.317 e. The Balaban J connectivity index is 2.31. The van der Waals surface area contributed by atoms with Crippen molar-refractivity contribution in [2.75, 3.05) is 72.0 Å². The minimum Gasteiger partial charge on any atom is -0.480 e. The van der Waals surface area contributed by atoms with E-state index in [0.29, 0.717) is 56.6 Å². The van der Waals surface area contributed by atoms with Crippen molar-refractivity contribution in [2.45, 2.75) is 43.0 Å². The molecule has 2 aliphatic rings. The summed E-state index contributed by atoms with van der Waals surface area (Å²) >= 11 is 3.67. The van der Waals surface area contributed by atoms with Crippen LogP contribution >= 0.6 is 15.9 Å². The molecule has 1 unspecified atom stereocenters. The maximum absolute atomic E-state index is 11.8. The Hall–Kier alpha value is -1.80. The van der Waals surface area contributed by atoms with E-state index in [2.05, 4.69) is 15.9 Å². The van der Waals surface area contributed by atoms with Crippen LogP contribution < -0.4 is 0 Å². The van der Waals surface area contributed by atoms with Gasteiger partial charge in [0, 0.05) is 56.7 Å². The highest BCUT2D eigenvalue weighted by atomic mass is 79.9. The van der Waals surface area contributed by atoms with E-state index in [4.69, 9.17) is 0 Å². The first-order valence-corrected chi connectivity index (χ1v) is 13.4. The molecule has 12 nitrogen and oxygen atoms in total. The zero-order valence-electron chi connectivity index (χ0n) is 20.6. The van der Waals surface area contributed by atoms with Gasteiger partial charge in [-0.05, 0) is 38.0 Å². The molecule has 4 N–H and O–H groups in total. The quantitative estimate of drug-likeness (QED) is 0.262. The van der Waals surface area contributed by atoms with Gasteiger partial charge in [-0.3, -0.25) is 38.8 Å². The van der Waals surface area contributed by atoms with Crippen LogP contribution in [-0.2, 0) is 19.2 Å². The average molecular weight is 579 g/mol. The second-order valence-corrected chi connectivity index (χ2v) is 11.1. The highest BCUT2D eigenvalue weighted by Crippen LogP contribution is 2.32. The number of rotatable bonds is 10. The Labute approximate surface area is 219 Å². The van der Waals surface area contributed by atoms with Gasteiger partial charge in [-0.25, -0.2) is 0 Å². The zero-order chi connectivity index (χ0) is 26.7. The predicted octanol–water partition coefficient (Wildman–Crippen LogP) is 0.259. The number of halogens is 1. The fourth-order valence-electron chi connectivity index (χ4n) is 5.13. The number of hydrogen-bond acceptors (Lipinski definition) is 8. The molecule has 0 aromatic carbocycles. The molecule has 1 aliphatic heterocycles. The Morgan fingerprint density at radius 1 is 0.611 bits per heavy atom. The number of nitrogens with zero attached hydrogens (tertiary/aromatic N) is 4. The molecule has 1 aliphatic carbocycles. The molecule has 0 aromatic rings. The number of aliphatic carboxylic acids is 4. The standard InChI is InChI=1S/C23H39BrN4O8/c24-18-3-1-17(2-4-18)11-19-12-27(15-22(33)34)8-7-25(13-20(29)30)5-6-26(14-21(31)32)9-10-28(19)16-23(35)36/h17-19H,1-16H2,(H,29,30)(H,31,32)(H,33,34)(H,35,36). The lowest BCUT2D eigenvalue weighted by Crippen LogP contribution is -2.53. The number of carboxylic acid groups (broad SMARTS) is 4. The molecule has 36 heavy (non-hydrogen) atoms. The summed E-state index contributed by atoms with van der Waals surface area (Å²) in [4.78, 5) is 53.7. The molecule has 2 rings (SSSR count). The first-order valence-electron chi connectivity index (χ1n) is 12.4. The van der Waals surface area contributed by atoms with Crippen LogP contribution in [0.25, 0.3) is 0 Å². The Morgan fingerprint density at radius 2 is 1.03 bits per heavy atom. The van der Waals surface area contributed by atoms with E-state index in [-0.39, 0.29) is 32.2 Å². The van der Waals surface area contributed by atoms with Gasteiger partial charge in [0.2, 0.25) is 0 Å². The van der Waals surface area contributed by atoms with Gasteiger partial charge in [-0.15, -0.1) is 0 Å². The average Bonchev–Trinajstić information content (AvgIpc) is 2.76. The van der Waals surface area contributed by atoms with E-state index in [1.807, 2.05) is 4.90 Å². The van der Waals surface area contributed by atoms with Crippen LogP contribution in [0.5, 0.6) is 0 Å². The number of carbonyl (C=O) groups is 4. The molecule has 0 amide bonds. The van der Waals surface area contributed by atoms with Gasteiger partial charge >= 0.3 is 23.9 Å². The van der Waals surface area contributed by atoms with E-state index in [1.165, 1.54) is 0 Å². The summed E-state index contributed by atoms with van der Waals surface area (Å²) in [6.07, 6.45) is 4.80. The van der Waals surface area contributed by atoms with Crippen molar-refractivity contribution in [3.63, 3.8) is 0 Å². The normalized spacial score (nSPS) is 26.5. The van der Waals surface area contributed by atoms with E-state index < -0.39 is 23.9 Å². The van der Waals surface area contributed by atoms with Crippen LogP contribution in [0.15, 0.2) is 0 Å². The van der Waals surface area contributed by atoms with Crippen molar-refractivity contribution < 1.29 is 39.6 Å². The lowest BCUT2D eigenvalue weighted by Gasteiger charge is -2.39. The highest BCUT2D eigenvalue weighted by Gasteiger charge is 2.30. The van der Waals surface area contributed by atoms with E-state index >= 15 is 0 Å². The first kappa shape index (κ1) is 30.4. The van der Waals surface area contributed by atoms with Crippen LogP contribution in [0, 0.1) is 5.92 Å². The molecule has 0 radical (unpaired) electrons. The van der Waals surface area contributed by atoms with Crippen LogP contribution in [0.2, 0.25) is 0 Å². The summed E-state index contributed by atoms with van der Waals surface area (Å²) in [6.45, 7) is 1.29. The molecule has 1 atom stereocenters. The third kappa shape index (κ3) is 12.0. The van der Waals surface area contributed by atoms with Crippen LogP contribution in [0.1, 0.15) is 32.1 Å². The van der Waals surface area contributed by atoms with Gasteiger partial charge in [0.25, 0.3) is 0 Å². The molecular formula is C23H39BrN4O8. The van der Waals surface area contributed by atoms with Crippen molar-refractivity contribution in [1.29, 1.82) is 0 Å². The van der Waals surface area contributed by atoms with E-state index in [1.54, 1.807) is 14.7 Å². The highest BCUT2D eigenvalue weighted by molar-refractivity contribution is 9.09. The third-order valence-electron chi connectivity index (χ3n) is 6.95. The molecule has 0 bridgehead atoms. The van der Waals surface area contributed by atoms with Crippen LogP contribution in [0.4, 0.5) is 0 Å².